The van der Waals surface area contributed by atoms with Gasteiger partial charge in [-0.1, -0.05) is 31.9 Å². The van der Waals surface area contributed by atoms with Gasteiger partial charge in [0, 0.05) is 0 Å². The van der Waals surface area contributed by atoms with Crippen molar-refractivity contribution in [2.75, 3.05) is 6.61 Å². The largest absolute Gasteiger partial charge is 0.494 e. The van der Waals surface area contributed by atoms with Crippen LogP contribution in [0, 0.1) is 5.92 Å². The molecule has 22 heavy (non-hydrogen) atoms. The molecular formula is C18H28Cl2OSi. The summed E-state index contributed by atoms with van der Waals surface area (Å²) in [5.74, 6) is 2.69. The average Bonchev–Trinajstić information content (AvgIpc) is 2.53. The van der Waals surface area contributed by atoms with Gasteiger partial charge in [-0.15, -0.1) is 0 Å². The molecule has 0 atom stereocenters. The zero-order chi connectivity index (χ0) is 15.8. The minimum Gasteiger partial charge on any atom is -0.494 e. The second kappa shape index (κ2) is 9.84. The number of hydrogen-bond acceptors (Lipinski definition) is 1. The molecule has 1 saturated carbocycles. The molecule has 1 aromatic carbocycles. The maximum absolute atomic E-state index is 5.85. The fraction of sp³-hybridized carbons (Fsp3) is 0.667. The first-order valence-electron chi connectivity index (χ1n) is 8.70. The standard InChI is InChI=1S/C18H28Cl2OSi/c1-2-4-15-5-7-16(8-6-15)17-9-11-18(12-10-17)21-13-3-14-22(19)20/h9-12,15-16,22H,2-8,13-14H2,1H3. The Balaban J connectivity index is 1.75. The summed E-state index contributed by atoms with van der Waals surface area (Å²) in [6.45, 7) is 3.01. The van der Waals surface area contributed by atoms with Gasteiger partial charge in [0.15, 0.2) is 0 Å². The van der Waals surface area contributed by atoms with Crippen LogP contribution in [0.15, 0.2) is 24.3 Å². The molecule has 0 amide bonds. The molecule has 0 bridgehead atoms. The fourth-order valence-electron chi connectivity index (χ4n) is 3.46. The van der Waals surface area contributed by atoms with Crippen LogP contribution in [0.4, 0.5) is 0 Å². The molecule has 0 heterocycles. The molecule has 0 unspecified atom stereocenters. The lowest BCUT2D eigenvalue weighted by molar-refractivity contribution is 0.306. The van der Waals surface area contributed by atoms with Crippen molar-refractivity contribution in [1.82, 2.24) is 0 Å². The first-order valence-corrected chi connectivity index (χ1v) is 13.0. The van der Waals surface area contributed by atoms with Gasteiger partial charge in [0.1, 0.15) is 5.75 Å². The van der Waals surface area contributed by atoms with E-state index in [1.54, 1.807) is 0 Å². The van der Waals surface area contributed by atoms with Crippen molar-refractivity contribution in [2.45, 2.75) is 63.8 Å². The smallest absolute Gasteiger partial charge is 0.237 e. The number of hydrogen-bond donors (Lipinski definition) is 0. The van der Waals surface area contributed by atoms with E-state index in [1.165, 1.54) is 44.1 Å². The summed E-state index contributed by atoms with van der Waals surface area (Å²) in [7, 11) is -1.47. The molecule has 1 fully saturated rings. The summed E-state index contributed by atoms with van der Waals surface area (Å²) >= 11 is 11.7. The van der Waals surface area contributed by atoms with Gasteiger partial charge in [0.25, 0.3) is 0 Å². The summed E-state index contributed by atoms with van der Waals surface area (Å²) in [6.07, 6.45) is 9.20. The lowest BCUT2D eigenvalue weighted by atomic mass is 9.77. The number of ether oxygens (including phenoxy) is 1. The summed E-state index contributed by atoms with van der Waals surface area (Å²) in [5.41, 5.74) is 1.48. The van der Waals surface area contributed by atoms with E-state index < -0.39 is 7.42 Å². The molecule has 0 aromatic heterocycles. The third-order valence-corrected chi connectivity index (χ3v) is 6.88. The highest BCUT2D eigenvalue weighted by molar-refractivity contribution is 7.33. The topological polar surface area (TPSA) is 9.23 Å². The molecule has 0 spiro atoms. The lowest BCUT2D eigenvalue weighted by Crippen LogP contribution is -2.13. The van der Waals surface area contributed by atoms with Gasteiger partial charge in [-0.3, -0.25) is 0 Å². The van der Waals surface area contributed by atoms with Crippen LogP contribution in [0.5, 0.6) is 5.75 Å². The zero-order valence-electron chi connectivity index (χ0n) is 13.6. The maximum Gasteiger partial charge on any atom is 0.237 e. The van der Waals surface area contributed by atoms with Crippen molar-refractivity contribution in [2.24, 2.45) is 5.92 Å². The molecule has 0 N–H and O–H groups in total. The minimum atomic E-state index is -1.47. The molecule has 2 rings (SSSR count). The van der Waals surface area contributed by atoms with Crippen LogP contribution < -0.4 is 4.74 Å². The van der Waals surface area contributed by atoms with E-state index in [4.69, 9.17) is 26.9 Å². The summed E-state index contributed by atoms with van der Waals surface area (Å²) in [5, 5.41) is 0. The van der Waals surface area contributed by atoms with E-state index >= 15 is 0 Å². The van der Waals surface area contributed by atoms with Crippen LogP contribution in [0.3, 0.4) is 0 Å². The van der Waals surface area contributed by atoms with Crippen LogP contribution in [-0.2, 0) is 0 Å². The van der Waals surface area contributed by atoms with Crippen molar-refractivity contribution in [3.8, 4) is 5.75 Å². The van der Waals surface area contributed by atoms with Crippen LogP contribution >= 0.6 is 22.2 Å². The number of halogens is 2. The highest BCUT2D eigenvalue weighted by Gasteiger charge is 2.21. The summed E-state index contributed by atoms with van der Waals surface area (Å²) in [4.78, 5) is 0. The normalized spacial score (nSPS) is 22.0. The molecular weight excluding hydrogens is 331 g/mol. The summed E-state index contributed by atoms with van der Waals surface area (Å²) < 4.78 is 5.75. The quantitative estimate of drug-likeness (QED) is 0.304. The second-order valence-corrected chi connectivity index (χ2v) is 11.6. The molecule has 4 heteroatoms. The van der Waals surface area contributed by atoms with Gasteiger partial charge in [0.05, 0.1) is 6.61 Å². The Morgan fingerprint density at radius 2 is 1.77 bits per heavy atom. The van der Waals surface area contributed by atoms with Gasteiger partial charge >= 0.3 is 0 Å². The van der Waals surface area contributed by atoms with Gasteiger partial charge < -0.3 is 4.74 Å². The Kier molecular flexibility index (Phi) is 8.13. The Bertz CT molecular complexity index is 414. The average molecular weight is 359 g/mol. The lowest BCUT2D eigenvalue weighted by Gasteiger charge is -2.28. The molecule has 0 aliphatic heterocycles. The number of benzene rings is 1. The van der Waals surface area contributed by atoms with E-state index in [1.807, 2.05) is 0 Å². The molecule has 124 valence electrons. The first-order chi connectivity index (χ1) is 10.7. The predicted octanol–water partition coefficient (Wildman–Crippen LogP) is 6.23. The highest BCUT2D eigenvalue weighted by atomic mass is 35.7. The molecule has 1 aliphatic carbocycles. The maximum atomic E-state index is 5.85. The van der Waals surface area contributed by atoms with Gasteiger partial charge in [-0.05, 0) is 67.7 Å². The fourth-order valence-corrected chi connectivity index (χ4v) is 4.86. The molecule has 0 radical (unpaired) electrons. The first kappa shape index (κ1) is 18.2. The highest BCUT2D eigenvalue weighted by Crippen LogP contribution is 2.37. The third kappa shape index (κ3) is 6.14. The third-order valence-electron chi connectivity index (χ3n) is 4.73. The van der Waals surface area contributed by atoms with E-state index in [-0.39, 0.29) is 0 Å². The van der Waals surface area contributed by atoms with Crippen LogP contribution in [0.25, 0.3) is 0 Å². The van der Waals surface area contributed by atoms with Crippen LogP contribution in [0.2, 0.25) is 6.04 Å². The monoisotopic (exact) mass is 358 g/mol. The van der Waals surface area contributed by atoms with E-state index in [0.29, 0.717) is 6.61 Å². The SMILES string of the molecule is CCCC1CCC(c2ccc(OCCC[SiH](Cl)Cl)cc2)CC1. The van der Waals surface area contributed by atoms with Crippen molar-refractivity contribution in [3.63, 3.8) is 0 Å². The Hall–Kier alpha value is -0.183. The van der Waals surface area contributed by atoms with Gasteiger partial charge in [-0.2, -0.15) is 22.2 Å². The Labute approximate surface area is 146 Å². The van der Waals surface area contributed by atoms with Gasteiger partial charge in [0.2, 0.25) is 7.42 Å². The minimum absolute atomic E-state index is 0.713. The Morgan fingerprint density at radius 1 is 1.09 bits per heavy atom. The van der Waals surface area contributed by atoms with Crippen molar-refractivity contribution < 1.29 is 4.74 Å². The number of rotatable bonds is 8. The van der Waals surface area contributed by atoms with E-state index in [2.05, 4.69) is 31.2 Å². The zero-order valence-corrected chi connectivity index (χ0v) is 16.2. The Morgan fingerprint density at radius 3 is 2.36 bits per heavy atom. The van der Waals surface area contributed by atoms with Crippen LogP contribution in [0.1, 0.15) is 63.4 Å². The summed E-state index contributed by atoms with van der Waals surface area (Å²) in [6, 6.07) is 9.65. The molecule has 1 aromatic rings. The molecule has 0 saturated heterocycles. The van der Waals surface area contributed by atoms with Crippen LogP contribution in [-0.4, -0.2) is 14.0 Å². The molecule has 1 aliphatic rings. The second-order valence-electron chi connectivity index (χ2n) is 6.46. The molecule has 1 nitrogen and oxygen atoms in total. The predicted molar refractivity (Wildman–Crippen MR) is 99.8 cm³/mol. The van der Waals surface area contributed by atoms with Crippen molar-refractivity contribution in [3.05, 3.63) is 29.8 Å². The van der Waals surface area contributed by atoms with Crippen molar-refractivity contribution >= 4 is 29.6 Å². The van der Waals surface area contributed by atoms with E-state index in [0.717, 1.165) is 30.1 Å². The van der Waals surface area contributed by atoms with Crippen molar-refractivity contribution in [1.29, 1.82) is 0 Å². The van der Waals surface area contributed by atoms with Gasteiger partial charge in [-0.25, -0.2) is 0 Å². The van der Waals surface area contributed by atoms with E-state index in [9.17, 15) is 0 Å².